The Labute approximate surface area is 219 Å². The Morgan fingerprint density at radius 1 is 0.889 bits per heavy atom. The number of hydrogen-bond acceptors (Lipinski definition) is 3. The highest BCUT2D eigenvalue weighted by molar-refractivity contribution is 5.76. The quantitative estimate of drug-likeness (QED) is 0.290. The van der Waals surface area contributed by atoms with E-state index in [2.05, 4.69) is 71.1 Å². The second kappa shape index (κ2) is 15.4. The first-order valence-corrected chi connectivity index (χ1v) is 12.8. The van der Waals surface area contributed by atoms with Gasteiger partial charge in [0.15, 0.2) is 0 Å². The number of aliphatic hydroxyl groups excluding tert-OH is 2. The molecule has 0 fully saturated rings. The molecule has 0 aromatic carbocycles. The molecule has 0 amide bonds. The summed E-state index contributed by atoms with van der Waals surface area (Å²) in [5.41, 5.74) is 6.81. The van der Waals surface area contributed by atoms with Gasteiger partial charge in [-0.2, -0.15) is 0 Å². The summed E-state index contributed by atoms with van der Waals surface area (Å²) >= 11 is 0. The number of carbonyl (C=O) groups is 1. The second-order valence-electron chi connectivity index (χ2n) is 10.6. The average Bonchev–Trinajstić information content (AvgIpc) is 2.74. The van der Waals surface area contributed by atoms with Gasteiger partial charge in [0.25, 0.3) is 0 Å². The van der Waals surface area contributed by atoms with E-state index in [0.717, 1.165) is 29.6 Å². The van der Waals surface area contributed by atoms with Gasteiger partial charge in [-0.15, -0.1) is 0 Å². The van der Waals surface area contributed by atoms with Crippen LogP contribution in [0, 0.1) is 5.41 Å². The number of carbonyl (C=O) groups excluding carboxylic acids is 1. The summed E-state index contributed by atoms with van der Waals surface area (Å²) in [4.78, 5) is 11.1. The number of ketones is 1. The van der Waals surface area contributed by atoms with Gasteiger partial charge in [-0.3, -0.25) is 4.79 Å². The van der Waals surface area contributed by atoms with Crippen LogP contribution in [0.1, 0.15) is 74.7 Å². The number of aliphatic hydroxyl groups is 2. The zero-order chi connectivity index (χ0) is 27.3. The van der Waals surface area contributed by atoms with Crippen LogP contribution in [0.25, 0.3) is 0 Å². The van der Waals surface area contributed by atoms with Crippen LogP contribution in [-0.2, 0) is 4.79 Å². The maximum atomic E-state index is 11.1. The van der Waals surface area contributed by atoms with Crippen molar-refractivity contribution >= 4 is 5.78 Å². The van der Waals surface area contributed by atoms with E-state index in [0.29, 0.717) is 0 Å². The number of Topliss-reactive ketones (excluding diaryl/α,β-unsaturated/α-hetero) is 1. The first-order chi connectivity index (χ1) is 16.8. The van der Waals surface area contributed by atoms with Crippen molar-refractivity contribution in [2.75, 3.05) is 0 Å². The van der Waals surface area contributed by atoms with E-state index in [-0.39, 0.29) is 23.7 Å². The Balaban J connectivity index is 2.66. The highest BCUT2D eigenvalue weighted by Crippen LogP contribution is 2.41. The van der Waals surface area contributed by atoms with Crippen LogP contribution >= 0.6 is 0 Å². The zero-order valence-electron chi connectivity index (χ0n) is 23.5. The molecule has 2 atom stereocenters. The summed E-state index contributed by atoms with van der Waals surface area (Å²) in [5.74, 6) is -0.0180. The first kappa shape index (κ1) is 31.3. The highest BCUT2D eigenvalue weighted by Gasteiger charge is 2.31. The Morgan fingerprint density at radius 3 is 1.92 bits per heavy atom. The van der Waals surface area contributed by atoms with Gasteiger partial charge in [0.2, 0.25) is 0 Å². The van der Waals surface area contributed by atoms with Gasteiger partial charge < -0.3 is 10.2 Å². The second-order valence-corrected chi connectivity index (χ2v) is 10.6. The molecule has 0 spiro atoms. The van der Waals surface area contributed by atoms with E-state index in [9.17, 15) is 15.0 Å². The fraction of sp³-hybridized carbons (Fsp3) is 0.424. The highest BCUT2D eigenvalue weighted by atomic mass is 16.3. The van der Waals surface area contributed by atoms with Gasteiger partial charge in [-0.1, -0.05) is 109 Å². The number of allylic oxidation sites excluding steroid dienone is 16. The van der Waals surface area contributed by atoms with E-state index in [1.807, 2.05) is 50.3 Å². The van der Waals surface area contributed by atoms with Gasteiger partial charge in [0, 0.05) is 6.42 Å². The van der Waals surface area contributed by atoms with Gasteiger partial charge >= 0.3 is 0 Å². The lowest BCUT2D eigenvalue weighted by Crippen LogP contribution is -2.28. The summed E-state index contributed by atoms with van der Waals surface area (Å²) in [6.45, 7) is 16.0. The lowest BCUT2D eigenvalue weighted by molar-refractivity contribution is -0.118. The Hall–Kier alpha value is -2.75. The van der Waals surface area contributed by atoms with Crippen molar-refractivity contribution in [2.45, 2.75) is 86.9 Å². The normalized spacial score (nSPS) is 21.6. The third kappa shape index (κ3) is 12.3. The number of hydrogen-bond donors (Lipinski definition) is 2. The van der Waals surface area contributed by atoms with E-state index >= 15 is 0 Å². The molecule has 0 radical (unpaired) electrons. The average molecular weight is 491 g/mol. The van der Waals surface area contributed by atoms with Crippen molar-refractivity contribution in [3.8, 4) is 0 Å². The first-order valence-electron chi connectivity index (χ1n) is 12.8. The minimum atomic E-state index is -0.715. The molecule has 0 heterocycles. The molecular formula is C33H46O3. The SMILES string of the molecule is CC(=O)C[C@@H](O)/C(C)=C/C=C/C(C)=C/C=C/C=C(C)/C=C/C=C(C)/C=C/C1=C(C)C[C@@H](O)CC1(C)C. The van der Waals surface area contributed by atoms with E-state index in [1.165, 1.54) is 23.6 Å². The molecule has 1 rings (SSSR count). The van der Waals surface area contributed by atoms with Crippen LogP contribution in [-0.4, -0.2) is 28.2 Å². The topological polar surface area (TPSA) is 57.5 Å². The minimum absolute atomic E-state index is 0.00294. The van der Waals surface area contributed by atoms with Crippen LogP contribution in [0.4, 0.5) is 0 Å². The zero-order valence-corrected chi connectivity index (χ0v) is 23.5. The summed E-state index contributed by atoms with van der Waals surface area (Å²) in [6.07, 6.45) is 25.2. The van der Waals surface area contributed by atoms with Gasteiger partial charge in [-0.05, 0) is 70.9 Å². The molecule has 196 valence electrons. The molecule has 0 unspecified atom stereocenters. The molecule has 2 N–H and O–H groups in total. The fourth-order valence-corrected chi connectivity index (χ4v) is 4.22. The van der Waals surface area contributed by atoms with Crippen LogP contribution in [0.2, 0.25) is 0 Å². The molecule has 0 saturated heterocycles. The summed E-state index contributed by atoms with van der Waals surface area (Å²) in [5, 5.41) is 20.0. The van der Waals surface area contributed by atoms with E-state index in [4.69, 9.17) is 0 Å². The van der Waals surface area contributed by atoms with Crippen LogP contribution in [0.5, 0.6) is 0 Å². The summed E-state index contributed by atoms with van der Waals surface area (Å²) in [7, 11) is 0. The molecule has 3 heteroatoms. The minimum Gasteiger partial charge on any atom is -0.393 e. The standard InChI is InChI=1S/C33H46O3/c1-24(13-9-10-14-25(2)17-12-18-27(4)32(36)22-29(6)34)15-11-16-26(3)19-20-31-28(5)21-30(35)23-33(31,7)8/h9-20,30,32,35-36H,21-23H2,1-8H3/b10-9+,15-11+,17-12+,20-19+,24-13+,25-14+,26-16+,27-18+/t30-,32-/m1/s1. The molecular weight excluding hydrogens is 444 g/mol. The number of rotatable bonds is 11. The van der Waals surface area contributed by atoms with Crippen molar-refractivity contribution < 1.29 is 15.0 Å². The third-order valence-electron chi connectivity index (χ3n) is 6.26. The van der Waals surface area contributed by atoms with Crippen molar-refractivity contribution in [3.05, 3.63) is 106 Å². The van der Waals surface area contributed by atoms with Crippen molar-refractivity contribution in [2.24, 2.45) is 5.41 Å². The molecule has 1 aliphatic rings. The lowest BCUT2D eigenvalue weighted by Gasteiger charge is -2.35. The lowest BCUT2D eigenvalue weighted by atomic mass is 9.71. The van der Waals surface area contributed by atoms with Gasteiger partial charge in [0.05, 0.1) is 12.2 Å². The Morgan fingerprint density at radius 2 is 1.39 bits per heavy atom. The molecule has 0 aromatic heterocycles. The molecule has 36 heavy (non-hydrogen) atoms. The van der Waals surface area contributed by atoms with Crippen LogP contribution in [0.3, 0.4) is 0 Å². The molecule has 3 nitrogen and oxygen atoms in total. The molecule has 0 aromatic rings. The molecule has 1 aliphatic carbocycles. The smallest absolute Gasteiger partial charge is 0.132 e. The van der Waals surface area contributed by atoms with E-state index in [1.54, 1.807) is 0 Å². The predicted molar refractivity (Wildman–Crippen MR) is 155 cm³/mol. The van der Waals surface area contributed by atoms with Gasteiger partial charge in [0.1, 0.15) is 5.78 Å². The maximum Gasteiger partial charge on any atom is 0.132 e. The fourth-order valence-electron chi connectivity index (χ4n) is 4.22. The Kier molecular flexibility index (Phi) is 13.4. The van der Waals surface area contributed by atoms with Crippen molar-refractivity contribution in [1.82, 2.24) is 0 Å². The van der Waals surface area contributed by atoms with Gasteiger partial charge in [-0.25, -0.2) is 0 Å². The largest absolute Gasteiger partial charge is 0.393 e. The Bertz CT molecular complexity index is 1030. The van der Waals surface area contributed by atoms with Crippen LogP contribution < -0.4 is 0 Å². The predicted octanol–water partition coefficient (Wildman–Crippen LogP) is 7.83. The summed E-state index contributed by atoms with van der Waals surface area (Å²) < 4.78 is 0. The summed E-state index contributed by atoms with van der Waals surface area (Å²) in [6, 6.07) is 0. The van der Waals surface area contributed by atoms with Crippen molar-refractivity contribution in [1.29, 1.82) is 0 Å². The third-order valence-corrected chi connectivity index (χ3v) is 6.26. The van der Waals surface area contributed by atoms with E-state index < -0.39 is 6.10 Å². The monoisotopic (exact) mass is 490 g/mol. The molecule has 0 aliphatic heterocycles. The molecule has 0 saturated carbocycles. The maximum absolute atomic E-state index is 11.1. The van der Waals surface area contributed by atoms with Crippen LogP contribution in [0.15, 0.2) is 106 Å². The molecule has 0 bridgehead atoms. The van der Waals surface area contributed by atoms with Crippen molar-refractivity contribution in [3.63, 3.8) is 0 Å².